The second-order valence-electron chi connectivity index (χ2n) is 5.52. The third kappa shape index (κ3) is 4.87. The lowest BCUT2D eigenvalue weighted by Crippen LogP contribution is -2.15. The van der Waals surface area contributed by atoms with Crippen molar-refractivity contribution in [2.75, 3.05) is 11.6 Å². The van der Waals surface area contributed by atoms with Crippen LogP contribution in [0.15, 0.2) is 47.5 Å². The maximum absolute atomic E-state index is 12.8. The van der Waals surface area contributed by atoms with Crippen molar-refractivity contribution >= 4 is 34.2 Å². The lowest BCUT2D eigenvalue weighted by Gasteiger charge is -2.14. The summed E-state index contributed by atoms with van der Waals surface area (Å²) in [4.78, 5) is 17.1. The first-order valence-corrected chi connectivity index (χ1v) is 9.65. The summed E-state index contributed by atoms with van der Waals surface area (Å²) < 4.78 is 0. The Kier molecular flexibility index (Phi) is 7.24. The van der Waals surface area contributed by atoms with E-state index in [2.05, 4.69) is 29.5 Å². The number of nitrogens with one attached hydrogen (secondary N) is 2. The second kappa shape index (κ2) is 9.64. The van der Waals surface area contributed by atoms with Crippen molar-refractivity contribution in [1.29, 1.82) is 5.26 Å². The van der Waals surface area contributed by atoms with Gasteiger partial charge in [0.25, 0.3) is 5.91 Å². The first-order valence-electron chi connectivity index (χ1n) is 8.42. The van der Waals surface area contributed by atoms with Crippen molar-refractivity contribution in [2.24, 2.45) is 4.99 Å². The van der Waals surface area contributed by atoms with Gasteiger partial charge >= 0.3 is 0 Å². The molecule has 0 unspecified atom stereocenters. The van der Waals surface area contributed by atoms with Crippen LogP contribution >= 0.6 is 11.8 Å². The Bertz CT molecular complexity index is 833. The highest BCUT2D eigenvalue weighted by Crippen LogP contribution is 2.24. The highest BCUT2D eigenvalue weighted by molar-refractivity contribution is 8.13. The molecule has 1 amide bonds. The van der Waals surface area contributed by atoms with E-state index >= 15 is 0 Å². The van der Waals surface area contributed by atoms with E-state index in [4.69, 9.17) is 5.26 Å². The van der Waals surface area contributed by atoms with Crippen LogP contribution in [0.25, 0.3) is 0 Å². The van der Waals surface area contributed by atoms with Crippen molar-refractivity contribution in [3.05, 3.63) is 59.2 Å². The maximum atomic E-state index is 12.8. The van der Waals surface area contributed by atoms with E-state index in [1.165, 1.54) is 11.8 Å². The van der Waals surface area contributed by atoms with Crippen LogP contribution in [0.5, 0.6) is 0 Å². The highest BCUT2D eigenvalue weighted by Gasteiger charge is 2.12. The van der Waals surface area contributed by atoms with E-state index in [9.17, 15) is 4.79 Å². The average molecular weight is 366 g/mol. The lowest BCUT2D eigenvalue weighted by molar-refractivity contribution is 0.102. The fraction of sp³-hybridized carbons (Fsp3) is 0.250. The van der Waals surface area contributed by atoms with Crippen LogP contribution in [-0.4, -0.2) is 17.3 Å². The van der Waals surface area contributed by atoms with Gasteiger partial charge in [0.15, 0.2) is 11.4 Å². The highest BCUT2D eigenvalue weighted by atomic mass is 32.2. The zero-order valence-corrected chi connectivity index (χ0v) is 16.0. The molecule has 2 aromatic rings. The third-order valence-electron chi connectivity index (χ3n) is 3.93. The predicted octanol–water partition coefficient (Wildman–Crippen LogP) is 4.48. The minimum atomic E-state index is -0.170. The van der Waals surface area contributed by atoms with Gasteiger partial charge in [-0.25, -0.2) is 4.99 Å². The molecule has 0 aliphatic carbocycles. The quantitative estimate of drug-likeness (QED) is 0.354. The number of aliphatic imine (C=N–C) groups is 1. The molecule has 0 heterocycles. The molecule has 26 heavy (non-hydrogen) atoms. The summed E-state index contributed by atoms with van der Waals surface area (Å²) in [5.41, 5.74) is 4.28. The van der Waals surface area contributed by atoms with Gasteiger partial charge in [0.05, 0.1) is 5.69 Å². The molecule has 0 aromatic heterocycles. The minimum absolute atomic E-state index is 0.170. The third-order valence-corrected chi connectivity index (χ3v) is 4.51. The van der Waals surface area contributed by atoms with Crippen molar-refractivity contribution in [1.82, 2.24) is 5.32 Å². The number of hydrogen-bond acceptors (Lipinski definition) is 4. The van der Waals surface area contributed by atoms with E-state index in [0.29, 0.717) is 16.4 Å². The lowest BCUT2D eigenvalue weighted by atomic mass is 10.0. The molecule has 0 aliphatic heterocycles. The van der Waals surface area contributed by atoms with Gasteiger partial charge in [0.1, 0.15) is 0 Å². The number of rotatable bonds is 5. The van der Waals surface area contributed by atoms with Crippen LogP contribution in [0.4, 0.5) is 11.4 Å². The number of thioether (sulfide) groups is 1. The number of hydrogen-bond donors (Lipinski definition) is 2. The molecule has 6 heteroatoms. The molecule has 0 radical (unpaired) electrons. The van der Waals surface area contributed by atoms with Gasteiger partial charge in [0, 0.05) is 11.3 Å². The Morgan fingerprint density at radius 1 is 1.15 bits per heavy atom. The molecule has 0 atom stereocenters. The number of carbonyl (C=O) groups is 1. The summed E-state index contributed by atoms with van der Waals surface area (Å²) in [7, 11) is 0. The maximum Gasteiger partial charge on any atom is 0.255 e. The van der Waals surface area contributed by atoms with Crippen molar-refractivity contribution in [2.45, 2.75) is 26.7 Å². The molecule has 2 aromatic carbocycles. The fourth-order valence-electron chi connectivity index (χ4n) is 2.60. The van der Waals surface area contributed by atoms with Crippen LogP contribution in [0.2, 0.25) is 0 Å². The van der Waals surface area contributed by atoms with Crippen LogP contribution < -0.4 is 10.6 Å². The molecule has 0 saturated carbocycles. The van der Waals surface area contributed by atoms with Gasteiger partial charge in [-0.15, -0.1) is 0 Å². The standard InChI is InChI=1S/C20H22N4OS/c1-4-14-8-6-9-15(5-2)18(14)24-19(25)16-10-7-11-17(12-16)23-20(26-3)22-13-21/h6-12H,4-5H2,1-3H3,(H,22,23)(H,24,25). The molecule has 2 rings (SSSR count). The first kappa shape index (κ1) is 19.5. The van der Waals surface area contributed by atoms with E-state index in [-0.39, 0.29) is 5.91 Å². The summed E-state index contributed by atoms with van der Waals surface area (Å²) in [5.74, 6) is -0.170. The predicted molar refractivity (Wildman–Crippen MR) is 109 cm³/mol. The Morgan fingerprint density at radius 3 is 2.38 bits per heavy atom. The number of nitriles is 1. The molecule has 0 fully saturated rings. The van der Waals surface area contributed by atoms with Crippen LogP contribution in [0, 0.1) is 11.5 Å². The van der Waals surface area contributed by atoms with Gasteiger partial charge in [-0.3, -0.25) is 10.1 Å². The Labute approximate surface area is 158 Å². The minimum Gasteiger partial charge on any atom is -0.321 e. The zero-order chi connectivity index (χ0) is 18.9. The first-order chi connectivity index (χ1) is 12.6. The number of para-hydroxylation sites is 1. The largest absolute Gasteiger partial charge is 0.321 e. The van der Waals surface area contributed by atoms with Gasteiger partial charge in [-0.2, -0.15) is 5.26 Å². The molecule has 0 aliphatic rings. The van der Waals surface area contributed by atoms with Gasteiger partial charge in [-0.05, 0) is 48.4 Å². The van der Waals surface area contributed by atoms with Gasteiger partial charge < -0.3 is 5.32 Å². The Morgan fingerprint density at radius 2 is 1.81 bits per heavy atom. The van der Waals surface area contributed by atoms with E-state index < -0.39 is 0 Å². The number of amidine groups is 1. The normalized spacial score (nSPS) is 10.9. The molecule has 0 saturated heterocycles. The monoisotopic (exact) mass is 366 g/mol. The molecule has 0 spiro atoms. The SMILES string of the molecule is CCc1cccc(CC)c1NC(=O)c1cccc(N=C(NC#N)SC)c1. The second-order valence-corrected chi connectivity index (χ2v) is 6.32. The summed E-state index contributed by atoms with van der Waals surface area (Å²) in [6.07, 6.45) is 5.38. The number of nitrogens with zero attached hydrogens (tertiary/aromatic N) is 2. The molecular formula is C20H22N4OS. The summed E-state index contributed by atoms with van der Waals surface area (Å²) >= 11 is 1.33. The van der Waals surface area contributed by atoms with Crippen molar-refractivity contribution < 1.29 is 4.79 Å². The Hall–Kier alpha value is -2.78. The number of anilines is 1. The average Bonchev–Trinajstić information content (AvgIpc) is 2.67. The van der Waals surface area contributed by atoms with Crippen LogP contribution in [-0.2, 0) is 12.8 Å². The summed E-state index contributed by atoms with van der Waals surface area (Å²) in [6, 6.07) is 13.1. The summed E-state index contributed by atoms with van der Waals surface area (Å²) in [5, 5.41) is 14.8. The number of aryl methyl sites for hydroxylation is 2. The number of amides is 1. The van der Waals surface area contributed by atoms with Crippen LogP contribution in [0.1, 0.15) is 35.3 Å². The van der Waals surface area contributed by atoms with Gasteiger partial charge in [0.2, 0.25) is 0 Å². The number of benzene rings is 2. The Balaban J connectivity index is 2.29. The molecule has 134 valence electrons. The molecule has 0 bridgehead atoms. The van der Waals surface area contributed by atoms with E-state index in [0.717, 1.165) is 29.7 Å². The zero-order valence-electron chi connectivity index (χ0n) is 15.2. The van der Waals surface area contributed by atoms with Crippen molar-refractivity contribution in [3.8, 4) is 6.19 Å². The summed E-state index contributed by atoms with van der Waals surface area (Å²) in [6.45, 7) is 4.15. The molecule has 2 N–H and O–H groups in total. The van der Waals surface area contributed by atoms with Crippen molar-refractivity contribution in [3.63, 3.8) is 0 Å². The fourth-order valence-corrected chi connectivity index (χ4v) is 2.94. The molecule has 5 nitrogen and oxygen atoms in total. The van der Waals surface area contributed by atoms with E-state index in [1.54, 1.807) is 24.3 Å². The van der Waals surface area contributed by atoms with Crippen LogP contribution in [0.3, 0.4) is 0 Å². The topological polar surface area (TPSA) is 77.3 Å². The smallest absolute Gasteiger partial charge is 0.255 e. The number of carbonyl (C=O) groups excluding carboxylic acids is 1. The molecular weight excluding hydrogens is 344 g/mol. The van der Waals surface area contributed by atoms with E-state index in [1.807, 2.05) is 30.6 Å². The van der Waals surface area contributed by atoms with Gasteiger partial charge in [-0.1, -0.05) is 49.9 Å².